The molecule has 2 aromatic rings. The SMILES string of the molecule is CC(C)C(C(=O)NC1CCCOc2cc(Cl)ccc21)c1cccnc1. The third kappa shape index (κ3) is 4.13. The van der Waals surface area contributed by atoms with E-state index in [2.05, 4.69) is 24.1 Å². The molecule has 2 atom stereocenters. The first-order valence-electron chi connectivity index (χ1n) is 8.69. The Morgan fingerprint density at radius 2 is 2.20 bits per heavy atom. The number of amides is 1. The van der Waals surface area contributed by atoms with E-state index in [1.807, 2.05) is 30.3 Å². The van der Waals surface area contributed by atoms with Crippen molar-refractivity contribution in [3.05, 3.63) is 58.9 Å². The maximum atomic E-state index is 13.0. The number of aromatic nitrogens is 1. The van der Waals surface area contributed by atoms with Crippen LogP contribution in [0.2, 0.25) is 5.02 Å². The van der Waals surface area contributed by atoms with Crippen molar-refractivity contribution in [2.75, 3.05) is 6.61 Å². The largest absolute Gasteiger partial charge is 0.493 e. The normalized spacial score (nSPS) is 18.0. The van der Waals surface area contributed by atoms with E-state index >= 15 is 0 Å². The molecular formula is C20H23ClN2O2. The van der Waals surface area contributed by atoms with Gasteiger partial charge in [-0.25, -0.2) is 0 Å². The molecule has 132 valence electrons. The van der Waals surface area contributed by atoms with Gasteiger partial charge in [0, 0.05) is 23.0 Å². The van der Waals surface area contributed by atoms with Gasteiger partial charge in [0.25, 0.3) is 0 Å². The fraction of sp³-hybridized carbons (Fsp3) is 0.400. The summed E-state index contributed by atoms with van der Waals surface area (Å²) in [6.45, 7) is 4.75. The Balaban J connectivity index is 1.84. The number of carbonyl (C=O) groups excluding carboxylic acids is 1. The molecule has 0 saturated carbocycles. The molecule has 1 N–H and O–H groups in total. The third-order valence-electron chi connectivity index (χ3n) is 4.55. The van der Waals surface area contributed by atoms with Crippen LogP contribution < -0.4 is 10.1 Å². The molecule has 2 unspecified atom stereocenters. The number of nitrogens with one attached hydrogen (secondary N) is 1. The van der Waals surface area contributed by atoms with Crippen LogP contribution >= 0.6 is 11.6 Å². The van der Waals surface area contributed by atoms with Crippen molar-refractivity contribution in [1.29, 1.82) is 0 Å². The van der Waals surface area contributed by atoms with Gasteiger partial charge in [0.2, 0.25) is 5.91 Å². The zero-order chi connectivity index (χ0) is 17.8. The van der Waals surface area contributed by atoms with Gasteiger partial charge in [0.1, 0.15) is 5.75 Å². The summed E-state index contributed by atoms with van der Waals surface area (Å²) in [7, 11) is 0. The Bertz CT molecular complexity index is 734. The summed E-state index contributed by atoms with van der Waals surface area (Å²) in [6.07, 6.45) is 5.23. The monoisotopic (exact) mass is 358 g/mol. The van der Waals surface area contributed by atoms with E-state index in [-0.39, 0.29) is 23.8 Å². The number of carbonyl (C=O) groups is 1. The topological polar surface area (TPSA) is 51.2 Å². The first kappa shape index (κ1) is 17.7. The van der Waals surface area contributed by atoms with Crippen LogP contribution in [0, 0.1) is 5.92 Å². The van der Waals surface area contributed by atoms with Gasteiger partial charge in [-0.3, -0.25) is 9.78 Å². The predicted octanol–water partition coefficient (Wildman–Crippen LogP) is 4.50. The summed E-state index contributed by atoms with van der Waals surface area (Å²) in [6, 6.07) is 9.37. The quantitative estimate of drug-likeness (QED) is 0.875. The summed E-state index contributed by atoms with van der Waals surface area (Å²) >= 11 is 6.08. The molecule has 0 radical (unpaired) electrons. The second kappa shape index (κ2) is 7.87. The highest BCUT2D eigenvalue weighted by Crippen LogP contribution is 2.34. The van der Waals surface area contributed by atoms with E-state index in [4.69, 9.17) is 16.3 Å². The number of fused-ring (bicyclic) bond motifs is 1. The zero-order valence-electron chi connectivity index (χ0n) is 14.5. The zero-order valence-corrected chi connectivity index (χ0v) is 15.3. The first-order valence-corrected chi connectivity index (χ1v) is 9.06. The number of ether oxygens (including phenoxy) is 1. The summed E-state index contributed by atoms with van der Waals surface area (Å²) < 4.78 is 5.79. The molecule has 1 aromatic carbocycles. The minimum atomic E-state index is -0.228. The number of halogens is 1. The molecule has 1 aromatic heterocycles. The number of pyridine rings is 1. The summed E-state index contributed by atoms with van der Waals surface area (Å²) in [5.41, 5.74) is 1.93. The van der Waals surface area contributed by atoms with Crippen LogP contribution in [0.4, 0.5) is 0 Å². The van der Waals surface area contributed by atoms with Gasteiger partial charge in [-0.1, -0.05) is 37.6 Å². The fourth-order valence-electron chi connectivity index (χ4n) is 3.36. The van der Waals surface area contributed by atoms with Gasteiger partial charge in [-0.15, -0.1) is 0 Å². The maximum Gasteiger partial charge on any atom is 0.228 e. The standard InChI is InChI=1S/C20H23ClN2O2/c1-13(2)19(14-5-3-9-22-12-14)20(24)23-17-6-4-10-25-18-11-15(21)7-8-16(17)18/h3,5,7-9,11-13,17,19H,4,6,10H2,1-2H3,(H,23,24). The molecule has 0 saturated heterocycles. The molecule has 0 aliphatic carbocycles. The van der Waals surface area contributed by atoms with Crippen molar-refractivity contribution in [1.82, 2.24) is 10.3 Å². The van der Waals surface area contributed by atoms with E-state index in [0.717, 1.165) is 29.7 Å². The Morgan fingerprint density at radius 3 is 2.92 bits per heavy atom. The number of rotatable bonds is 4. The molecule has 2 heterocycles. The van der Waals surface area contributed by atoms with E-state index in [9.17, 15) is 4.79 Å². The first-order chi connectivity index (χ1) is 12.1. The lowest BCUT2D eigenvalue weighted by atomic mass is 9.88. The highest BCUT2D eigenvalue weighted by molar-refractivity contribution is 6.30. The average Bonchev–Trinajstić information content (AvgIpc) is 2.77. The molecule has 1 amide bonds. The number of benzene rings is 1. The number of hydrogen-bond donors (Lipinski definition) is 1. The molecule has 0 spiro atoms. The van der Waals surface area contributed by atoms with Gasteiger partial charge in [0.05, 0.1) is 18.6 Å². The Morgan fingerprint density at radius 1 is 1.36 bits per heavy atom. The average molecular weight is 359 g/mol. The molecule has 0 fully saturated rings. The number of nitrogens with zero attached hydrogens (tertiary/aromatic N) is 1. The predicted molar refractivity (Wildman–Crippen MR) is 98.9 cm³/mol. The maximum absolute atomic E-state index is 13.0. The van der Waals surface area contributed by atoms with E-state index < -0.39 is 0 Å². The van der Waals surface area contributed by atoms with Crippen molar-refractivity contribution in [3.8, 4) is 5.75 Å². The van der Waals surface area contributed by atoms with Gasteiger partial charge < -0.3 is 10.1 Å². The molecule has 3 rings (SSSR count). The Labute approximate surface area is 153 Å². The van der Waals surface area contributed by atoms with Crippen LogP contribution in [0.5, 0.6) is 5.75 Å². The second-order valence-corrected chi connectivity index (χ2v) is 7.18. The van der Waals surface area contributed by atoms with Gasteiger partial charge in [0.15, 0.2) is 0 Å². The third-order valence-corrected chi connectivity index (χ3v) is 4.79. The van der Waals surface area contributed by atoms with Crippen LogP contribution in [0.25, 0.3) is 0 Å². The fourth-order valence-corrected chi connectivity index (χ4v) is 3.52. The van der Waals surface area contributed by atoms with Gasteiger partial charge in [-0.05, 0) is 42.5 Å². The van der Waals surface area contributed by atoms with E-state index in [1.165, 1.54) is 0 Å². The lowest BCUT2D eigenvalue weighted by Gasteiger charge is -2.25. The van der Waals surface area contributed by atoms with Crippen LogP contribution in [0.1, 0.15) is 49.8 Å². The minimum absolute atomic E-state index is 0.0239. The summed E-state index contributed by atoms with van der Waals surface area (Å²) in [4.78, 5) is 17.2. The summed E-state index contributed by atoms with van der Waals surface area (Å²) in [5.74, 6) is 0.734. The van der Waals surface area contributed by atoms with Crippen molar-refractivity contribution < 1.29 is 9.53 Å². The highest BCUT2D eigenvalue weighted by atomic mass is 35.5. The molecular weight excluding hydrogens is 336 g/mol. The number of hydrogen-bond acceptors (Lipinski definition) is 3. The van der Waals surface area contributed by atoms with Gasteiger partial charge >= 0.3 is 0 Å². The molecule has 0 bridgehead atoms. The molecule has 1 aliphatic heterocycles. The lowest BCUT2D eigenvalue weighted by molar-refractivity contribution is -0.124. The molecule has 25 heavy (non-hydrogen) atoms. The van der Waals surface area contributed by atoms with Crippen LogP contribution in [0.3, 0.4) is 0 Å². The molecule has 4 nitrogen and oxygen atoms in total. The van der Waals surface area contributed by atoms with Crippen molar-refractivity contribution in [2.45, 2.75) is 38.6 Å². The summed E-state index contributed by atoms with van der Waals surface area (Å²) in [5, 5.41) is 3.86. The van der Waals surface area contributed by atoms with Crippen LogP contribution in [0.15, 0.2) is 42.7 Å². The van der Waals surface area contributed by atoms with Crippen LogP contribution in [-0.4, -0.2) is 17.5 Å². The smallest absolute Gasteiger partial charge is 0.228 e. The van der Waals surface area contributed by atoms with Gasteiger partial charge in [-0.2, -0.15) is 0 Å². The van der Waals surface area contributed by atoms with E-state index in [0.29, 0.717) is 11.6 Å². The Hall–Kier alpha value is -2.07. The Kier molecular flexibility index (Phi) is 5.59. The van der Waals surface area contributed by atoms with Crippen molar-refractivity contribution in [2.24, 2.45) is 5.92 Å². The van der Waals surface area contributed by atoms with Crippen molar-refractivity contribution in [3.63, 3.8) is 0 Å². The minimum Gasteiger partial charge on any atom is -0.493 e. The highest BCUT2D eigenvalue weighted by Gasteiger charge is 2.28. The van der Waals surface area contributed by atoms with Crippen LogP contribution in [-0.2, 0) is 4.79 Å². The van der Waals surface area contributed by atoms with E-state index in [1.54, 1.807) is 12.4 Å². The molecule has 1 aliphatic rings. The second-order valence-electron chi connectivity index (χ2n) is 6.74. The lowest BCUT2D eigenvalue weighted by Crippen LogP contribution is -2.35. The van der Waals surface area contributed by atoms with Crippen molar-refractivity contribution >= 4 is 17.5 Å². The molecule has 5 heteroatoms.